The maximum absolute atomic E-state index is 12.1. The third-order valence-electron chi connectivity index (χ3n) is 2.89. The van der Waals surface area contributed by atoms with E-state index in [9.17, 15) is 13.2 Å². The summed E-state index contributed by atoms with van der Waals surface area (Å²) in [7, 11) is -3.83. The first kappa shape index (κ1) is 20.4. The Balaban J connectivity index is 2.22. The van der Waals surface area contributed by atoms with Crippen LogP contribution in [0, 0.1) is 0 Å². The van der Waals surface area contributed by atoms with E-state index in [1.807, 2.05) is 0 Å². The quantitative estimate of drug-likeness (QED) is 0.428. The van der Waals surface area contributed by atoms with Crippen molar-refractivity contribution < 1.29 is 13.2 Å². The van der Waals surface area contributed by atoms with Gasteiger partial charge in [-0.1, -0.05) is 58.0 Å². The molecule has 0 unspecified atom stereocenters. The van der Waals surface area contributed by atoms with Gasteiger partial charge in [0.2, 0.25) is 10.0 Å². The van der Waals surface area contributed by atoms with Crippen LogP contribution in [0.15, 0.2) is 29.2 Å². The number of primary sulfonamides is 1. The number of hydrogen-bond donors (Lipinski definition) is 3. The lowest BCUT2D eigenvalue weighted by atomic mass is 10.3. The van der Waals surface area contributed by atoms with E-state index < -0.39 is 16.1 Å². The van der Waals surface area contributed by atoms with Gasteiger partial charge in [0.25, 0.3) is 0 Å². The van der Waals surface area contributed by atoms with E-state index in [2.05, 4.69) is 10.6 Å². The molecule has 2 aromatic carbocycles. The maximum Gasteiger partial charge on any atom is 0.323 e. The minimum atomic E-state index is -3.83. The summed E-state index contributed by atoms with van der Waals surface area (Å²) in [5.74, 6) is 0. The lowest BCUT2D eigenvalue weighted by molar-refractivity contribution is 0.262. The highest BCUT2D eigenvalue weighted by Gasteiger charge is 2.20. The van der Waals surface area contributed by atoms with Crippen LogP contribution in [0.4, 0.5) is 16.2 Å². The predicted octanol–water partition coefficient (Wildman–Crippen LogP) is 5.25. The number of halogens is 5. The molecule has 4 N–H and O–H groups in total. The smallest absolute Gasteiger partial charge is 0.308 e. The molecule has 25 heavy (non-hydrogen) atoms. The van der Waals surface area contributed by atoms with E-state index in [1.54, 1.807) is 0 Å². The fourth-order valence-corrected chi connectivity index (χ4v) is 3.47. The fourth-order valence-electron chi connectivity index (χ4n) is 1.72. The van der Waals surface area contributed by atoms with Gasteiger partial charge in [0.05, 0.1) is 35.7 Å². The minimum absolute atomic E-state index is 0.0265. The van der Waals surface area contributed by atoms with Crippen molar-refractivity contribution in [1.82, 2.24) is 0 Å². The van der Waals surface area contributed by atoms with E-state index in [0.717, 1.165) is 0 Å². The van der Waals surface area contributed by atoms with Crippen molar-refractivity contribution >= 4 is 85.4 Å². The van der Waals surface area contributed by atoms with Crippen molar-refractivity contribution in [2.75, 3.05) is 10.6 Å². The maximum atomic E-state index is 12.1. The normalized spacial score (nSPS) is 11.3. The molecule has 0 saturated carbocycles. The van der Waals surface area contributed by atoms with E-state index >= 15 is 0 Å². The Bertz CT molecular complexity index is 919. The highest BCUT2D eigenvalue weighted by atomic mass is 35.5. The Morgan fingerprint density at radius 2 is 1.24 bits per heavy atom. The van der Waals surface area contributed by atoms with Gasteiger partial charge in [0.15, 0.2) is 0 Å². The number of carbonyl (C=O) groups is 1. The number of nitrogens with one attached hydrogen (secondary N) is 2. The number of urea groups is 1. The predicted molar refractivity (Wildman–Crippen MR) is 102 cm³/mol. The zero-order chi connectivity index (χ0) is 18.9. The topological polar surface area (TPSA) is 101 Å². The molecule has 2 rings (SSSR count). The van der Waals surface area contributed by atoms with Gasteiger partial charge in [-0.3, -0.25) is 0 Å². The monoisotopic (exact) mass is 461 g/mol. The number of hydrogen-bond acceptors (Lipinski definition) is 3. The van der Waals surface area contributed by atoms with Crippen molar-refractivity contribution in [3.63, 3.8) is 0 Å². The van der Waals surface area contributed by atoms with Gasteiger partial charge < -0.3 is 10.6 Å². The van der Waals surface area contributed by atoms with Crippen LogP contribution in [0.1, 0.15) is 0 Å². The van der Waals surface area contributed by atoms with Crippen LogP contribution in [-0.2, 0) is 10.0 Å². The second kappa shape index (κ2) is 7.75. The summed E-state index contributed by atoms with van der Waals surface area (Å²) < 4.78 is 22.4. The van der Waals surface area contributed by atoms with Gasteiger partial charge in [0.1, 0.15) is 0 Å². The standard InChI is InChI=1S/C13H8Cl5N3O3S/c14-7-8(15)10(17)12(11(18)9(7)16)21-13(22)20-5-1-3-6(4-2-5)25(19,23)24/h1-4H,(H2,19,23,24)(H2,20,21,22). The van der Waals surface area contributed by atoms with E-state index in [-0.39, 0.29) is 35.7 Å². The molecule has 0 heterocycles. The number of sulfonamides is 1. The lowest BCUT2D eigenvalue weighted by Crippen LogP contribution is -2.20. The van der Waals surface area contributed by atoms with Gasteiger partial charge in [-0.2, -0.15) is 0 Å². The Morgan fingerprint density at radius 1 is 0.800 bits per heavy atom. The molecule has 0 bridgehead atoms. The summed E-state index contributed by atoms with van der Waals surface area (Å²) in [6.45, 7) is 0. The third-order valence-corrected chi connectivity index (χ3v) is 6.10. The molecule has 0 saturated heterocycles. The van der Waals surface area contributed by atoms with Crippen LogP contribution in [0.2, 0.25) is 25.1 Å². The Kier molecular flexibility index (Phi) is 6.32. The van der Waals surface area contributed by atoms with E-state index in [1.165, 1.54) is 24.3 Å². The number of benzene rings is 2. The molecule has 6 nitrogen and oxygen atoms in total. The molecule has 0 radical (unpaired) electrons. The second-order valence-electron chi connectivity index (χ2n) is 4.59. The molecule has 134 valence electrons. The summed E-state index contributed by atoms with van der Waals surface area (Å²) in [4.78, 5) is 12.0. The van der Waals surface area contributed by atoms with Crippen molar-refractivity contribution in [2.45, 2.75) is 4.90 Å². The largest absolute Gasteiger partial charge is 0.323 e. The van der Waals surface area contributed by atoms with Gasteiger partial charge in [-0.05, 0) is 24.3 Å². The average molecular weight is 464 g/mol. The zero-order valence-corrected chi connectivity index (χ0v) is 16.5. The molecule has 0 atom stereocenters. The molecule has 0 aliphatic heterocycles. The molecular weight excluding hydrogens is 455 g/mol. The van der Waals surface area contributed by atoms with Crippen LogP contribution >= 0.6 is 58.0 Å². The van der Waals surface area contributed by atoms with Crippen molar-refractivity contribution in [3.8, 4) is 0 Å². The summed E-state index contributed by atoms with van der Waals surface area (Å²) >= 11 is 29.7. The van der Waals surface area contributed by atoms with Gasteiger partial charge >= 0.3 is 6.03 Å². The van der Waals surface area contributed by atoms with Crippen LogP contribution in [-0.4, -0.2) is 14.4 Å². The van der Waals surface area contributed by atoms with E-state index in [4.69, 9.17) is 63.1 Å². The number of anilines is 2. The highest BCUT2D eigenvalue weighted by molar-refractivity contribution is 7.89. The molecule has 0 fully saturated rings. The van der Waals surface area contributed by atoms with Crippen LogP contribution in [0.25, 0.3) is 0 Å². The van der Waals surface area contributed by atoms with Gasteiger partial charge in [-0.15, -0.1) is 0 Å². The van der Waals surface area contributed by atoms with E-state index in [0.29, 0.717) is 5.69 Å². The zero-order valence-electron chi connectivity index (χ0n) is 11.9. The summed E-state index contributed by atoms with van der Waals surface area (Å²) in [5.41, 5.74) is 0.268. The number of carbonyl (C=O) groups excluding carboxylic acids is 1. The number of nitrogens with two attached hydrogens (primary N) is 1. The summed E-state index contributed by atoms with van der Waals surface area (Å²) in [6.07, 6.45) is 0. The molecule has 12 heteroatoms. The molecule has 2 aromatic rings. The molecule has 0 aromatic heterocycles. The SMILES string of the molecule is NS(=O)(=O)c1ccc(NC(=O)Nc2c(Cl)c(Cl)c(Cl)c(Cl)c2Cl)cc1. The van der Waals surface area contributed by atoms with Crippen molar-refractivity contribution in [1.29, 1.82) is 0 Å². The molecular formula is C13H8Cl5N3O3S. The van der Waals surface area contributed by atoms with Gasteiger partial charge in [-0.25, -0.2) is 18.4 Å². The fraction of sp³-hybridized carbons (Fsp3) is 0. The minimum Gasteiger partial charge on any atom is -0.308 e. The number of rotatable bonds is 3. The summed E-state index contributed by atoms with van der Waals surface area (Å²) in [5, 5.41) is 9.51. The van der Waals surface area contributed by atoms with Gasteiger partial charge in [0, 0.05) is 5.69 Å². The first-order valence-electron chi connectivity index (χ1n) is 6.24. The Morgan fingerprint density at radius 3 is 1.68 bits per heavy atom. The lowest BCUT2D eigenvalue weighted by Gasteiger charge is -2.14. The number of amides is 2. The molecule has 0 aliphatic rings. The van der Waals surface area contributed by atoms with Crippen molar-refractivity contribution in [3.05, 3.63) is 49.4 Å². The molecule has 2 amide bonds. The molecule has 0 aliphatic carbocycles. The first-order valence-corrected chi connectivity index (χ1v) is 9.68. The first-order chi connectivity index (χ1) is 11.5. The van der Waals surface area contributed by atoms with Crippen LogP contribution in [0.3, 0.4) is 0 Å². The van der Waals surface area contributed by atoms with Crippen LogP contribution < -0.4 is 15.8 Å². The third kappa shape index (κ3) is 4.62. The Labute approximate surface area is 168 Å². The van der Waals surface area contributed by atoms with Crippen LogP contribution in [0.5, 0.6) is 0 Å². The molecule has 0 spiro atoms. The Hall–Kier alpha value is -0.930. The van der Waals surface area contributed by atoms with Crippen molar-refractivity contribution in [2.24, 2.45) is 5.14 Å². The highest BCUT2D eigenvalue weighted by Crippen LogP contribution is 2.46. The second-order valence-corrected chi connectivity index (χ2v) is 8.04. The summed E-state index contributed by atoms with van der Waals surface area (Å²) in [6, 6.07) is 4.46. The average Bonchev–Trinajstić information content (AvgIpc) is 2.55.